The number of anilines is 1. The smallest absolute Gasteiger partial charge is 0.312 e. The zero-order valence-corrected chi connectivity index (χ0v) is 14.7. The number of nitrogens with one attached hydrogen (secondary N) is 1. The normalized spacial score (nSPS) is 23.6. The highest BCUT2D eigenvalue weighted by molar-refractivity contribution is 6.36. The lowest BCUT2D eigenvalue weighted by Crippen LogP contribution is -2.35. The van der Waals surface area contributed by atoms with Crippen molar-refractivity contribution in [3.8, 4) is 0 Å². The van der Waals surface area contributed by atoms with Crippen molar-refractivity contribution in [2.75, 3.05) is 11.9 Å². The number of hydrogen-bond acceptors (Lipinski definition) is 4. The highest BCUT2D eigenvalue weighted by atomic mass is 35.5. The van der Waals surface area contributed by atoms with Crippen molar-refractivity contribution in [1.82, 2.24) is 4.98 Å². The summed E-state index contributed by atoms with van der Waals surface area (Å²) in [5.41, 5.74) is -0.495. The molecule has 126 valence electrons. The van der Waals surface area contributed by atoms with Crippen LogP contribution in [-0.2, 0) is 14.3 Å². The number of amides is 1. The van der Waals surface area contributed by atoms with E-state index in [1.807, 2.05) is 6.92 Å². The number of ether oxygens (including phenoxy) is 1. The molecule has 1 N–H and O–H groups in total. The summed E-state index contributed by atoms with van der Waals surface area (Å²) in [7, 11) is 0. The summed E-state index contributed by atoms with van der Waals surface area (Å²) in [6, 6.07) is 1.48. The van der Waals surface area contributed by atoms with E-state index < -0.39 is 11.3 Å². The summed E-state index contributed by atoms with van der Waals surface area (Å²) in [6.45, 7) is 3.64. The molecule has 1 aliphatic rings. The fourth-order valence-corrected chi connectivity index (χ4v) is 3.56. The van der Waals surface area contributed by atoms with Gasteiger partial charge >= 0.3 is 5.97 Å². The third-order valence-corrected chi connectivity index (χ3v) is 5.00. The number of carbonyl (C=O) groups is 2. The van der Waals surface area contributed by atoms with Crippen LogP contribution in [0.1, 0.15) is 39.5 Å². The summed E-state index contributed by atoms with van der Waals surface area (Å²) >= 11 is 11.7. The van der Waals surface area contributed by atoms with E-state index in [0.29, 0.717) is 10.9 Å². The van der Waals surface area contributed by atoms with E-state index >= 15 is 0 Å². The number of nitrogens with zero attached hydrogens (tertiary/aromatic N) is 1. The summed E-state index contributed by atoms with van der Waals surface area (Å²) in [4.78, 5) is 28.2. The molecule has 1 fully saturated rings. The molecule has 0 spiro atoms. The van der Waals surface area contributed by atoms with Crippen LogP contribution in [0.4, 0.5) is 5.82 Å². The highest BCUT2D eigenvalue weighted by Gasteiger charge is 2.45. The summed E-state index contributed by atoms with van der Waals surface area (Å²) in [6.07, 6.45) is 5.15. The lowest BCUT2D eigenvalue weighted by atomic mass is 9.78. The molecule has 7 heteroatoms. The fourth-order valence-electron chi connectivity index (χ4n) is 3.13. The third-order valence-electron chi connectivity index (χ3n) is 4.51. The van der Waals surface area contributed by atoms with E-state index in [1.165, 1.54) is 12.3 Å². The number of rotatable bonds is 5. The first kappa shape index (κ1) is 18.0. The van der Waals surface area contributed by atoms with Crippen molar-refractivity contribution in [3.63, 3.8) is 0 Å². The minimum atomic E-state index is -0.495. The fraction of sp³-hybridized carbons (Fsp3) is 0.562. The van der Waals surface area contributed by atoms with Crippen molar-refractivity contribution >= 4 is 40.9 Å². The second-order valence-corrected chi connectivity index (χ2v) is 6.87. The van der Waals surface area contributed by atoms with Crippen LogP contribution in [0.15, 0.2) is 12.3 Å². The molecular formula is C16H20Cl2N2O3. The Bertz CT molecular complexity index is 609. The molecule has 1 aliphatic carbocycles. The predicted octanol–water partition coefficient (Wildman–Crippen LogP) is 4.09. The molecule has 1 aromatic rings. The third kappa shape index (κ3) is 4.15. The number of aromatic nitrogens is 1. The Morgan fingerprint density at radius 3 is 2.87 bits per heavy atom. The molecule has 0 aromatic carbocycles. The van der Waals surface area contributed by atoms with Gasteiger partial charge in [0.15, 0.2) is 12.4 Å². The Kier molecular flexibility index (Phi) is 5.87. The van der Waals surface area contributed by atoms with Gasteiger partial charge in [0.05, 0.1) is 15.5 Å². The number of hydrogen-bond donors (Lipinski definition) is 1. The zero-order valence-electron chi connectivity index (χ0n) is 13.2. The predicted molar refractivity (Wildman–Crippen MR) is 89.6 cm³/mol. The van der Waals surface area contributed by atoms with Crippen LogP contribution >= 0.6 is 23.2 Å². The standard InChI is InChI=1S/C16H20Cl2N2O3/c1-3-10-5-4-6-16(10,2)15(22)23-9-13(21)20-14-12(18)7-11(17)8-19-14/h7-8,10H,3-6,9H2,1-2H3,(H,19,20,21). The lowest BCUT2D eigenvalue weighted by molar-refractivity contribution is -0.159. The molecule has 1 aromatic heterocycles. The van der Waals surface area contributed by atoms with Crippen LogP contribution in [0.25, 0.3) is 0 Å². The van der Waals surface area contributed by atoms with Gasteiger partial charge in [0, 0.05) is 6.20 Å². The molecule has 1 saturated carbocycles. The van der Waals surface area contributed by atoms with Gasteiger partial charge in [-0.25, -0.2) is 4.98 Å². The molecule has 0 aliphatic heterocycles. The Morgan fingerprint density at radius 1 is 1.48 bits per heavy atom. The largest absolute Gasteiger partial charge is 0.455 e. The SMILES string of the molecule is CCC1CCCC1(C)C(=O)OCC(=O)Nc1ncc(Cl)cc1Cl. The van der Waals surface area contributed by atoms with Gasteiger partial charge in [-0.15, -0.1) is 0 Å². The molecule has 0 radical (unpaired) electrons. The van der Waals surface area contributed by atoms with Gasteiger partial charge < -0.3 is 10.1 Å². The Balaban J connectivity index is 1.90. The van der Waals surface area contributed by atoms with Crippen molar-refractivity contribution in [2.24, 2.45) is 11.3 Å². The van der Waals surface area contributed by atoms with Gasteiger partial charge in [0.1, 0.15) is 0 Å². The van der Waals surface area contributed by atoms with Crippen LogP contribution in [0.5, 0.6) is 0 Å². The lowest BCUT2D eigenvalue weighted by Gasteiger charge is -2.28. The van der Waals surface area contributed by atoms with Crippen molar-refractivity contribution in [2.45, 2.75) is 39.5 Å². The van der Waals surface area contributed by atoms with Crippen LogP contribution in [-0.4, -0.2) is 23.5 Å². The van der Waals surface area contributed by atoms with E-state index in [-0.39, 0.29) is 23.4 Å². The van der Waals surface area contributed by atoms with Gasteiger partial charge in [-0.3, -0.25) is 9.59 Å². The number of carbonyl (C=O) groups excluding carboxylic acids is 2. The molecule has 2 rings (SSSR count). The summed E-state index contributed by atoms with van der Waals surface area (Å²) in [5, 5.41) is 3.11. The highest BCUT2D eigenvalue weighted by Crippen LogP contribution is 2.45. The molecule has 5 nitrogen and oxygen atoms in total. The Hall–Kier alpha value is -1.33. The molecule has 1 heterocycles. The molecule has 2 unspecified atom stereocenters. The Morgan fingerprint density at radius 2 is 2.22 bits per heavy atom. The average Bonchev–Trinajstić information content (AvgIpc) is 2.90. The molecule has 0 bridgehead atoms. The van der Waals surface area contributed by atoms with Gasteiger partial charge in [0.25, 0.3) is 5.91 Å². The average molecular weight is 359 g/mol. The van der Waals surface area contributed by atoms with Crippen LogP contribution in [0, 0.1) is 11.3 Å². The maximum absolute atomic E-state index is 12.3. The van der Waals surface area contributed by atoms with Gasteiger partial charge in [-0.2, -0.15) is 0 Å². The molecule has 0 saturated heterocycles. The van der Waals surface area contributed by atoms with Crippen LogP contribution in [0.2, 0.25) is 10.0 Å². The first-order valence-corrected chi connectivity index (χ1v) is 8.40. The Labute approximate surface area is 145 Å². The molecule has 1 amide bonds. The first-order valence-electron chi connectivity index (χ1n) is 7.65. The van der Waals surface area contributed by atoms with Gasteiger partial charge in [-0.1, -0.05) is 43.0 Å². The van der Waals surface area contributed by atoms with E-state index in [9.17, 15) is 9.59 Å². The molecule has 23 heavy (non-hydrogen) atoms. The minimum Gasteiger partial charge on any atom is -0.455 e. The van der Waals surface area contributed by atoms with Gasteiger partial charge in [-0.05, 0) is 31.7 Å². The maximum Gasteiger partial charge on any atom is 0.312 e. The maximum atomic E-state index is 12.3. The number of esters is 1. The molecule has 2 atom stereocenters. The topological polar surface area (TPSA) is 68.3 Å². The quantitative estimate of drug-likeness (QED) is 0.804. The van der Waals surface area contributed by atoms with Gasteiger partial charge in [0.2, 0.25) is 0 Å². The number of halogens is 2. The zero-order chi connectivity index (χ0) is 17.0. The van der Waals surface area contributed by atoms with E-state index in [4.69, 9.17) is 27.9 Å². The van der Waals surface area contributed by atoms with Crippen molar-refractivity contribution in [3.05, 3.63) is 22.3 Å². The first-order chi connectivity index (χ1) is 10.9. The monoisotopic (exact) mass is 358 g/mol. The van der Waals surface area contributed by atoms with Crippen LogP contribution < -0.4 is 5.32 Å². The summed E-state index contributed by atoms with van der Waals surface area (Å²) in [5.74, 6) is -0.294. The van der Waals surface area contributed by atoms with Crippen molar-refractivity contribution in [1.29, 1.82) is 0 Å². The van der Waals surface area contributed by atoms with E-state index in [1.54, 1.807) is 0 Å². The minimum absolute atomic E-state index is 0.190. The number of pyridine rings is 1. The van der Waals surface area contributed by atoms with Crippen LogP contribution in [0.3, 0.4) is 0 Å². The molecular weight excluding hydrogens is 339 g/mol. The summed E-state index contributed by atoms with van der Waals surface area (Å²) < 4.78 is 5.21. The second-order valence-electron chi connectivity index (χ2n) is 6.02. The van der Waals surface area contributed by atoms with E-state index in [2.05, 4.69) is 17.2 Å². The van der Waals surface area contributed by atoms with Crippen molar-refractivity contribution < 1.29 is 14.3 Å². The second kappa shape index (κ2) is 7.49. The van der Waals surface area contributed by atoms with E-state index in [0.717, 1.165) is 25.7 Å².